The number of halogens is 1. The van der Waals surface area contributed by atoms with Crippen LogP contribution in [0, 0.1) is 0 Å². The van der Waals surface area contributed by atoms with Gasteiger partial charge in [-0.3, -0.25) is 0 Å². The van der Waals surface area contributed by atoms with E-state index in [2.05, 4.69) is 0 Å². The molecule has 1 fully saturated rings. The second-order valence-corrected chi connectivity index (χ2v) is 7.42. The molecule has 7 heteroatoms. The summed E-state index contributed by atoms with van der Waals surface area (Å²) in [6, 6.07) is 16.8. The molecule has 2 aromatic rings. The fourth-order valence-electron chi connectivity index (χ4n) is 2.67. The number of hydrogen-bond acceptors (Lipinski definition) is 4. The zero-order chi connectivity index (χ0) is 16.3. The lowest BCUT2D eigenvalue weighted by Crippen LogP contribution is -2.48. The Morgan fingerprint density at radius 3 is 2.50 bits per heavy atom. The summed E-state index contributed by atoms with van der Waals surface area (Å²) in [7, 11) is -3.54. The van der Waals surface area contributed by atoms with Crippen molar-refractivity contribution in [3.05, 3.63) is 54.6 Å². The SMILES string of the molecule is Cl.NCC1CN(S(=O)(=O)c2cccc(-c3ccccc3)c2)CCO1. The third-order valence-corrected chi connectivity index (χ3v) is 5.80. The van der Waals surface area contributed by atoms with Crippen molar-refractivity contribution in [2.75, 3.05) is 26.2 Å². The van der Waals surface area contributed by atoms with Gasteiger partial charge in [0.1, 0.15) is 0 Å². The van der Waals surface area contributed by atoms with Gasteiger partial charge in [-0.05, 0) is 23.3 Å². The molecule has 24 heavy (non-hydrogen) atoms. The third kappa shape index (κ3) is 3.96. The highest BCUT2D eigenvalue weighted by Gasteiger charge is 2.30. The van der Waals surface area contributed by atoms with Gasteiger partial charge in [0.15, 0.2) is 0 Å². The average Bonchev–Trinajstić information content (AvgIpc) is 2.62. The monoisotopic (exact) mass is 368 g/mol. The maximum atomic E-state index is 12.9. The molecule has 0 spiro atoms. The van der Waals surface area contributed by atoms with Crippen LogP contribution in [0.2, 0.25) is 0 Å². The standard InChI is InChI=1S/C17H20N2O3S.ClH/c18-12-16-13-19(9-10-22-16)23(20,21)17-8-4-7-15(11-17)14-5-2-1-3-6-14;/h1-8,11,16H,9-10,12-13,18H2;1H. The molecule has 1 atom stereocenters. The van der Waals surface area contributed by atoms with E-state index in [1.54, 1.807) is 18.2 Å². The number of morpholine rings is 1. The van der Waals surface area contributed by atoms with E-state index < -0.39 is 10.0 Å². The molecule has 1 aliphatic rings. The number of sulfonamides is 1. The number of ether oxygens (including phenoxy) is 1. The zero-order valence-corrected chi connectivity index (χ0v) is 14.8. The van der Waals surface area contributed by atoms with Crippen molar-refractivity contribution in [1.29, 1.82) is 0 Å². The molecule has 0 aromatic heterocycles. The summed E-state index contributed by atoms with van der Waals surface area (Å²) < 4.78 is 32.6. The lowest BCUT2D eigenvalue weighted by molar-refractivity contribution is 0.00451. The molecular weight excluding hydrogens is 348 g/mol. The van der Waals surface area contributed by atoms with Crippen LogP contribution >= 0.6 is 12.4 Å². The molecule has 3 rings (SSSR count). The quantitative estimate of drug-likeness (QED) is 0.897. The maximum absolute atomic E-state index is 12.9. The predicted molar refractivity (Wildman–Crippen MR) is 96.7 cm³/mol. The highest BCUT2D eigenvalue weighted by atomic mass is 35.5. The van der Waals surface area contributed by atoms with Crippen molar-refractivity contribution in [2.24, 2.45) is 5.73 Å². The second kappa shape index (κ2) is 8.09. The number of benzene rings is 2. The Bertz CT molecular complexity index is 768. The summed E-state index contributed by atoms with van der Waals surface area (Å²) >= 11 is 0. The minimum atomic E-state index is -3.54. The molecule has 1 aliphatic heterocycles. The van der Waals surface area contributed by atoms with Gasteiger partial charge in [0.05, 0.1) is 17.6 Å². The van der Waals surface area contributed by atoms with E-state index >= 15 is 0 Å². The topological polar surface area (TPSA) is 72.6 Å². The van der Waals surface area contributed by atoms with Gasteiger partial charge in [-0.2, -0.15) is 4.31 Å². The van der Waals surface area contributed by atoms with Crippen molar-refractivity contribution in [3.63, 3.8) is 0 Å². The predicted octanol–water partition coefficient (Wildman–Crippen LogP) is 2.12. The van der Waals surface area contributed by atoms with Gasteiger partial charge in [0.25, 0.3) is 0 Å². The Morgan fingerprint density at radius 2 is 1.79 bits per heavy atom. The molecule has 2 N–H and O–H groups in total. The number of nitrogens with zero attached hydrogens (tertiary/aromatic N) is 1. The summed E-state index contributed by atoms with van der Waals surface area (Å²) in [4.78, 5) is 0.302. The first-order chi connectivity index (χ1) is 11.1. The van der Waals surface area contributed by atoms with E-state index in [0.29, 0.717) is 31.1 Å². The molecule has 1 saturated heterocycles. The molecular formula is C17H21ClN2O3S. The normalized spacial score (nSPS) is 18.8. The molecule has 0 bridgehead atoms. The first kappa shape index (κ1) is 18.9. The van der Waals surface area contributed by atoms with Gasteiger partial charge >= 0.3 is 0 Å². The molecule has 1 unspecified atom stereocenters. The number of nitrogens with two attached hydrogens (primary N) is 1. The number of hydrogen-bond donors (Lipinski definition) is 1. The van der Waals surface area contributed by atoms with Gasteiger partial charge in [0, 0.05) is 19.6 Å². The smallest absolute Gasteiger partial charge is 0.243 e. The van der Waals surface area contributed by atoms with Crippen LogP contribution in [0.3, 0.4) is 0 Å². The Morgan fingerprint density at radius 1 is 1.08 bits per heavy atom. The summed E-state index contributed by atoms with van der Waals surface area (Å²) in [5, 5.41) is 0. The molecule has 1 heterocycles. The summed E-state index contributed by atoms with van der Waals surface area (Å²) in [6.45, 7) is 1.35. The van der Waals surface area contributed by atoms with Crippen LogP contribution < -0.4 is 5.73 Å². The van der Waals surface area contributed by atoms with Crippen molar-refractivity contribution in [3.8, 4) is 11.1 Å². The van der Waals surface area contributed by atoms with E-state index in [1.165, 1.54) is 4.31 Å². The van der Waals surface area contributed by atoms with Crippen LogP contribution in [-0.4, -0.2) is 45.1 Å². The van der Waals surface area contributed by atoms with Gasteiger partial charge in [-0.1, -0.05) is 42.5 Å². The van der Waals surface area contributed by atoms with Crippen molar-refractivity contribution >= 4 is 22.4 Å². The molecule has 0 saturated carbocycles. The van der Waals surface area contributed by atoms with Crippen LogP contribution in [0.15, 0.2) is 59.5 Å². The molecule has 130 valence electrons. The van der Waals surface area contributed by atoms with Gasteiger partial charge < -0.3 is 10.5 Å². The minimum absolute atomic E-state index is 0. The minimum Gasteiger partial charge on any atom is -0.374 e. The lowest BCUT2D eigenvalue weighted by atomic mass is 10.1. The van der Waals surface area contributed by atoms with Gasteiger partial charge in [-0.15, -0.1) is 12.4 Å². The molecule has 0 radical (unpaired) electrons. The maximum Gasteiger partial charge on any atom is 0.243 e. The lowest BCUT2D eigenvalue weighted by Gasteiger charge is -2.31. The fraction of sp³-hybridized carbons (Fsp3) is 0.294. The molecule has 5 nitrogen and oxygen atoms in total. The Labute approximate surface area is 148 Å². The van der Waals surface area contributed by atoms with Gasteiger partial charge in [-0.25, -0.2) is 8.42 Å². The van der Waals surface area contributed by atoms with E-state index in [9.17, 15) is 8.42 Å². The van der Waals surface area contributed by atoms with Gasteiger partial charge in [0.2, 0.25) is 10.0 Å². The first-order valence-corrected chi connectivity index (χ1v) is 9.02. The van der Waals surface area contributed by atoms with E-state index in [0.717, 1.165) is 11.1 Å². The van der Waals surface area contributed by atoms with Crippen LogP contribution in [-0.2, 0) is 14.8 Å². The van der Waals surface area contributed by atoms with E-state index in [-0.39, 0.29) is 18.5 Å². The van der Waals surface area contributed by atoms with Crippen LogP contribution in [0.1, 0.15) is 0 Å². The Hall–Kier alpha value is -1.44. The average molecular weight is 369 g/mol. The van der Waals surface area contributed by atoms with Crippen LogP contribution in [0.25, 0.3) is 11.1 Å². The van der Waals surface area contributed by atoms with Crippen LogP contribution in [0.4, 0.5) is 0 Å². The zero-order valence-electron chi connectivity index (χ0n) is 13.2. The summed E-state index contributed by atoms with van der Waals surface area (Å²) in [6.07, 6.45) is -0.240. The van der Waals surface area contributed by atoms with Crippen molar-refractivity contribution < 1.29 is 13.2 Å². The Balaban J connectivity index is 0.00000208. The number of rotatable bonds is 4. The van der Waals surface area contributed by atoms with E-state index in [4.69, 9.17) is 10.5 Å². The highest BCUT2D eigenvalue weighted by molar-refractivity contribution is 7.89. The summed E-state index contributed by atoms with van der Waals surface area (Å²) in [5.41, 5.74) is 7.48. The third-order valence-electron chi connectivity index (χ3n) is 3.94. The molecule has 2 aromatic carbocycles. The largest absolute Gasteiger partial charge is 0.374 e. The van der Waals surface area contributed by atoms with Crippen molar-refractivity contribution in [2.45, 2.75) is 11.0 Å². The fourth-order valence-corrected chi connectivity index (χ4v) is 4.17. The second-order valence-electron chi connectivity index (χ2n) is 5.49. The van der Waals surface area contributed by atoms with Crippen LogP contribution in [0.5, 0.6) is 0 Å². The molecule has 0 aliphatic carbocycles. The van der Waals surface area contributed by atoms with Crippen molar-refractivity contribution in [1.82, 2.24) is 4.31 Å². The molecule has 0 amide bonds. The first-order valence-electron chi connectivity index (χ1n) is 7.58. The highest BCUT2D eigenvalue weighted by Crippen LogP contribution is 2.25. The summed E-state index contributed by atoms with van der Waals surface area (Å²) in [5.74, 6) is 0. The Kier molecular flexibility index (Phi) is 6.37. The van der Waals surface area contributed by atoms with E-state index in [1.807, 2.05) is 36.4 Å².